The first-order chi connectivity index (χ1) is 11.2. The van der Waals surface area contributed by atoms with Gasteiger partial charge in [-0.25, -0.2) is 4.39 Å². The van der Waals surface area contributed by atoms with Gasteiger partial charge in [0.1, 0.15) is 5.82 Å². The number of benzene rings is 2. The second kappa shape index (κ2) is 8.66. The van der Waals surface area contributed by atoms with Crippen LogP contribution in [0.5, 0.6) is 0 Å². The van der Waals surface area contributed by atoms with Gasteiger partial charge in [-0.3, -0.25) is 4.79 Å². The van der Waals surface area contributed by atoms with E-state index in [0.717, 1.165) is 18.5 Å². The summed E-state index contributed by atoms with van der Waals surface area (Å²) >= 11 is 0. The van der Waals surface area contributed by atoms with Gasteiger partial charge in [0.15, 0.2) is 0 Å². The molecule has 2 aromatic rings. The van der Waals surface area contributed by atoms with Gasteiger partial charge in [0.25, 0.3) is 0 Å². The van der Waals surface area contributed by atoms with Crippen LogP contribution in [0.25, 0.3) is 0 Å². The van der Waals surface area contributed by atoms with E-state index >= 15 is 0 Å². The Kier molecular flexibility index (Phi) is 6.28. The maximum atomic E-state index is 12.8. The molecule has 2 rings (SSSR count). The average Bonchev–Trinajstić information content (AvgIpc) is 2.57. The topological polar surface area (TPSA) is 64.9 Å². The molecule has 1 amide bonds. The van der Waals surface area contributed by atoms with Crippen LogP contribution in [0.15, 0.2) is 48.5 Å². The van der Waals surface area contributed by atoms with Crippen molar-refractivity contribution in [3.8, 4) is 6.07 Å². The Morgan fingerprint density at radius 1 is 1.04 bits per heavy atom. The summed E-state index contributed by atoms with van der Waals surface area (Å²) in [4.78, 5) is 11.8. The van der Waals surface area contributed by atoms with Crippen molar-refractivity contribution in [2.75, 3.05) is 18.4 Å². The molecule has 0 aromatic heterocycles. The number of amides is 1. The molecule has 2 N–H and O–H groups in total. The SMILES string of the molecule is N#Cc1ccc(NC(=O)CCNCCc2ccc(F)cc2)cc1. The van der Waals surface area contributed by atoms with E-state index in [4.69, 9.17) is 5.26 Å². The van der Waals surface area contributed by atoms with Crippen LogP contribution in [0.3, 0.4) is 0 Å². The zero-order valence-corrected chi connectivity index (χ0v) is 12.7. The lowest BCUT2D eigenvalue weighted by Gasteiger charge is -2.07. The van der Waals surface area contributed by atoms with E-state index < -0.39 is 0 Å². The first kappa shape index (κ1) is 16.7. The highest BCUT2D eigenvalue weighted by molar-refractivity contribution is 5.90. The van der Waals surface area contributed by atoms with Crippen molar-refractivity contribution in [1.29, 1.82) is 5.26 Å². The summed E-state index contributed by atoms with van der Waals surface area (Å²) in [5.41, 5.74) is 2.30. The molecule has 0 radical (unpaired) electrons. The summed E-state index contributed by atoms with van der Waals surface area (Å²) in [6, 6.07) is 15.2. The number of carbonyl (C=O) groups is 1. The van der Waals surface area contributed by atoms with Crippen molar-refractivity contribution >= 4 is 11.6 Å². The summed E-state index contributed by atoms with van der Waals surface area (Å²) in [5.74, 6) is -0.315. The smallest absolute Gasteiger partial charge is 0.225 e. The number of carbonyl (C=O) groups excluding carboxylic acids is 1. The molecular formula is C18H18FN3O. The van der Waals surface area contributed by atoms with Crippen molar-refractivity contribution in [1.82, 2.24) is 5.32 Å². The minimum Gasteiger partial charge on any atom is -0.326 e. The van der Waals surface area contributed by atoms with Crippen molar-refractivity contribution in [3.63, 3.8) is 0 Å². The summed E-state index contributed by atoms with van der Waals surface area (Å²) in [6.45, 7) is 1.30. The minimum absolute atomic E-state index is 0.0796. The van der Waals surface area contributed by atoms with Gasteiger partial charge in [-0.2, -0.15) is 5.26 Å². The number of nitrogens with one attached hydrogen (secondary N) is 2. The fourth-order valence-electron chi connectivity index (χ4n) is 2.06. The Hall–Kier alpha value is -2.71. The summed E-state index contributed by atoms with van der Waals surface area (Å²) in [5, 5.41) is 14.7. The van der Waals surface area contributed by atoms with Crippen LogP contribution in [-0.2, 0) is 11.2 Å². The molecule has 0 saturated carbocycles. The number of hydrogen-bond acceptors (Lipinski definition) is 3. The molecule has 0 spiro atoms. The Balaban J connectivity index is 1.62. The fraction of sp³-hybridized carbons (Fsp3) is 0.222. The lowest BCUT2D eigenvalue weighted by Crippen LogP contribution is -2.23. The molecule has 4 nitrogen and oxygen atoms in total. The molecule has 23 heavy (non-hydrogen) atoms. The molecule has 0 aliphatic heterocycles. The molecule has 0 saturated heterocycles. The molecule has 118 valence electrons. The van der Waals surface area contributed by atoms with Gasteiger partial charge in [0, 0.05) is 18.7 Å². The van der Waals surface area contributed by atoms with Crippen LogP contribution >= 0.6 is 0 Å². The van der Waals surface area contributed by atoms with Crippen LogP contribution in [0.2, 0.25) is 0 Å². The molecule has 2 aromatic carbocycles. The molecule has 0 heterocycles. The lowest BCUT2D eigenvalue weighted by molar-refractivity contribution is -0.116. The van der Waals surface area contributed by atoms with E-state index in [9.17, 15) is 9.18 Å². The second-order valence-corrected chi connectivity index (χ2v) is 5.11. The molecule has 0 aliphatic carbocycles. The summed E-state index contributed by atoms with van der Waals surface area (Å²) < 4.78 is 12.8. The zero-order chi connectivity index (χ0) is 16.5. The Morgan fingerprint density at radius 2 is 1.74 bits per heavy atom. The monoisotopic (exact) mass is 311 g/mol. The first-order valence-electron chi connectivity index (χ1n) is 7.42. The number of nitrogens with zero attached hydrogens (tertiary/aromatic N) is 1. The van der Waals surface area contributed by atoms with E-state index in [1.54, 1.807) is 36.4 Å². The van der Waals surface area contributed by atoms with Crippen LogP contribution in [0.1, 0.15) is 17.5 Å². The fourth-order valence-corrected chi connectivity index (χ4v) is 2.06. The Labute approximate surface area is 134 Å². The van der Waals surface area contributed by atoms with Gasteiger partial charge < -0.3 is 10.6 Å². The highest BCUT2D eigenvalue weighted by Crippen LogP contribution is 2.08. The van der Waals surface area contributed by atoms with E-state index in [2.05, 4.69) is 10.6 Å². The molecular weight excluding hydrogens is 293 g/mol. The van der Waals surface area contributed by atoms with E-state index in [1.165, 1.54) is 12.1 Å². The number of halogens is 1. The van der Waals surface area contributed by atoms with Gasteiger partial charge >= 0.3 is 0 Å². The third-order valence-corrected chi connectivity index (χ3v) is 3.33. The minimum atomic E-state index is -0.235. The predicted octanol–water partition coefficient (Wildman–Crippen LogP) is 2.86. The lowest BCUT2D eigenvalue weighted by atomic mass is 10.1. The molecule has 0 fully saturated rings. The van der Waals surface area contributed by atoms with Crippen molar-refractivity contribution in [3.05, 3.63) is 65.5 Å². The van der Waals surface area contributed by atoms with E-state index in [1.807, 2.05) is 6.07 Å². The Bertz CT molecular complexity index is 675. The largest absolute Gasteiger partial charge is 0.326 e. The van der Waals surface area contributed by atoms with Gasteiger partial charge in [0.05, 0.1) is 11.6 Å². The predicted molar refractivity (Wildman–Crippen MR) is 87.4 cm³/mol. The first-order valence-corrected chi connectivity index (χ1v) is 7.42. The number of rotatable bonds is 7. The molecule has 5 heteroatoms. The molecule has 0 bridgehead atoms. The van der Waals surface area contributed by atoms with Crippen molar-refractivity contribution < 1.29 is 9.18 Å². The van der Waals surface area contributed by atoms with Crippen LogP contribution in [0, 0.1) is 17.1 Å². The zero-order valence-electron chi connectivity index (χ0n) is 12.7. The van der Waals surface area contributed by atoms with Crippen LogP contribution in [-0.4, -0.2) is 19.0 Å². The van der Waals surface area contributed by atoms with Gasteiger partial charge in [-0.15, -0.1) is 0 Å². The van der Waals surface area contributed by atoms with E-state index in [-0.39, 0.29) is 11.7 Å². The molecule has 0 aliphatic rings. The van der Waals surface area contributed by atoms with Crippen molar-refractivity contribution in [2.45, 2.75) is 12.8 Å². The third kappa shape index (κ3) is 5.89. The Morgan fingerprint density at radius 3 is 2.39 bits per heavy atom. The summed E-state index contributed by atoms with van der Waals surface area (Å²) in [7, 11) is 0. The number of anilines is 1. The quantitative estimate of drug-likeness (QED) is 0.773. The molecule has 0 atom stereocenters. The average molecular weight is 311 g/mol. The maximum Gasteiger partial charge on any atom is 0.225 e. The normalized spacial score (nSPS) is 10.1. The maximum absolute atomic E-state index is 12.8. The van der Waals surface area contributed by atoms with Gasteiger partial charge in [0.2, 0.25) is 5.91 Å². The summed E-state index contributed by atoms with van der Waals surface area (Å²) in [6.07, 6.45) is 1.15. The van der Waals surface area contributed by atoms with Crippen LogP contribution < -0.4 is 10.6 Å². The van der Waals surface area contributed by atoms with Crippen molar-refractivity contribution in [2.24, 2.45) is 0 Å². The highest BCUT2D eigenvalue weighted by Gasteiger charge is 2.02. The molecule has 0 unspecified atom stereocenters. The van der Waals surface area contributed by atoms with Gasteiger partial charge in [-0.05, 0) is 54.9 Å². The second-order valence-electron chi connectivity index (χ2n) is 5.11. The number of hydrogen-bond donors (Lipinski definition) is 2. The van der Waals surface area contributed by atoms with Crippen LogP contribution in [0.4, 0.5) is 10.1 Å². The number of nitriles is 1. The van der Waals surface area contributed by atoms with Gasteiger partial charge in [-0.1, -0.05) is 12.1 Å². The highest BCUT2D eigenvalue weighted by atomic mass is 19.1. The third-order valence-electron chi connectivity index (χ3n) is 3.33. The van der Waals surface area contributed by atoms with E-state index in [0.29, 0.717) is 24.2 Å². The standard InChI is InChI=1S/C18H18FN3O/c19-16-5-1-14(2-6-16)9-11-21-12-10-18(23)22-17-7-3-15(13-20)4-8-17/h1-8,21H,9-12H2,(H,22,23).